The molecule has 0 radical (unpaired) electrons. The number of hydrogen-bond donors (Lipinski definition) is 1. The smallest absolute Gasteiger partial charge is 0.224 e. The summed E-state index contributed by atoms with van der Waals surface area (Å²) >= 11 is 17.7. The van der Waals surface area contributed by atoms with Crippen LogP contribution in [0.1, 0.15) is 11.1 Å². The Labute approximate surface area is 131 Å². The number of hydrogen-bond acceptors (Lipinski definition) is 2. The second-order valence-electron chi connectivity index (χ2n) is 4.14. The van der Waals surface area contributed by atoms with Crippen molar-refractivity contribution < 1.29 is 4.79 Å². The van der Waals surface area contributed by atoms with Gasteiger partial charge in [-0.05, 0) is 29.3 Å². The highest BCUT2D eigenvalue weighted by atomic mass is 35.5. The highest BCUT2D eigenvalue weighted by molar-refractivity contribution is 6.36. The molecular formula is C14H11Cl3N2O. The Hall–Kier alpha value is -1.29. The van der Waals surface area contributed by atoms with Gasteiger partial charge in [-0.1, -0.05) is 46.9 Å². The third kappa shape index (κ3) is 4.10. The first kappa shape index (κ1) is 15.1. The number of aromatic nitrogens is 1. The molecular weight excluding hydrogens is 319 g/mol. The molecule has 104 valence electrons. The zero-order valence-corrected chi connectivity index (χ0v) is 12.6. The number of halogens is 3. The first-order valence-corrected chi connectivity index (χ1v) is 6.99. The van der Waals surface area contributed by atoms with Gasteiger partial charge in [0.15, 0.2) is 0 Å². The number of carbonyl (C=O) groups is 1. The van der Waals surface area contributed by atoms with Crippen molar-refractivity contribution in [2.24, 2.45) is 0 Å². The minimum absolute atomic E-state index is 0.138. The standard InChI is InChI=1S/C14H11Cl3N2O/c15-11-2-1-3-12(16)10(11)6-14(20)19-8-9-4-5-13(17)18-7-9/h1-5,7H,6,8H2,(H,19,20). The number of carbonyl (C=O) groups excluding carboxylic acids is 1. The van der Waals surface area contributed by atoms with E-state index in [4.69, 9.17) is 34.8 Å². The van der Waals surface area contributed by atoms with E-state index >= 15 is 0 Å². The highest BCUT2D eigenvalue weighted by Gasteiger charge is 2.10. The minimum Gasteiger partial charge on any atom is -0.352 e. The normalized spacial score (nSPS) is 10.3. The zero-order chi connectivity index (χ0) is 14.5. The van der Waals surface area contributed by atoms with E-state index in [-0.39, 0.29) is 12.3 Å². The van der Waals surface area contributed by atoms with Crippen LogP contribution in [-0.2, 0) is 17.8 Å². The van der Waals surface area contributed by atoms with Crippen molar-refractivity contribution in [1.29, 1.82) is 0 Å². The zero-order valence-electron chi connectivity index (χ0n) is 10.4. The van der Waals surface area contributed by atoms with E-state index in [1.807, 2.05) is 0 Å². The molecule has 1 aromatic carbocycles. The molecule has 20 heavy (non-hydrogen) atoms. The predicted molar refractivity (Wildman–Crippen MR) is 81.3 cm³/mol. The van der Waals surface area contributed by atoms with Crippen molar-refractivity contribution in [3.05, 3.63) is 62.9 Å². The van der Waals surface area contributed by atoms with Crippen LogP contribution in [0.2, 0.25) is 15.2 Å². The molecule has 1 aromatic heterocycles. The molecule has 3 nitrogen and oxygen atoms in total. The van der Waals surface area contributed by atoms with Gasteiger partial charge in [0.05, 0.1) is 6.42 Å². The summed E-state index contributed by atoms with van der Waals surface area (Å²) < 4.78 is 0. The van der Waals surface area contributed by atoms with Crippen LogP contribution in [0.3, 0.4) is 0 Å². The molecule has 0 aliphatic rings. The summed E-state index contributed by atoms with van der Waals surface area (Å²) in [5.74, 6) is -0.157. The molecule has 1 heterocycles. The summed E-state index contributed by atoms with van der Waals surface area (Å²) in [4.78, 5) is 15.8. The van der Waals surface area contributed by atoms with Crippen LogP contribution in [0, 0.1) is 0 Å². The van der Waals surface area contributed by atoms with Crippen LogP contribution in [0.5, 0.6) is 0 Å². The quantitative estimate of drug-likeness (QED) is 0.864. The van der Waals surface area contributed by atoms with Gasteiger partial charge in [0, 0.05) is 22.8 Å². The van der Waals surface area contributed by atoms with Gasteiger partial charge in [0.2, 0.25) is 5.91 Å². The van der Waals surface area contributed by atoms with Gasteiger partial charge >= 0.3 is 0 Å². The highest BCUT2D eigenvalue weighted by Crippen LogP contribution is 2.24. The summed E-state index contributed by atoms with van der Waals surface area (Å²) in [6.07, 6.45) is 1.75. The van der Waals surface area contributed by atoms with Crippen LogP contribution in [0.15, 0.2) is 36.5 Å². The van der Waals surface area contributed by atoms with Gasteiger partial charge in [-0.15, -0.1) is 0 Å². The van der Waals surface area contributed by atoms with E-state index in [0.29, 0.717) is 27.3 Å². The summed E-state index contributed by atoms with van der Waals surface area (Å²) in [6.45, 7) is 0.380. The van der Waals surface area contributed by atoms with Crippen molar-refractivity contribution in [3.8, 4) is 0 Å². The lowest BCUT2D eigenvalue weighted by Crippen LogP contribution is -2.24. The third-order valence-corrected chi connectivity index (χ3v) is 3.61. The fourth-order valence-electron chi connectivity index (χ4n) is 1.64. The molecule has 0 fully saturated rings. The number of amides is 1. The molecule has 0 unspecified atom stereocenters. The van der Waals surface area contributed by atoms with E-state index in [2.05, 4.69) is 10.3 Å². The second kappa shape index (κ2) is 6.93. The van der Waals surface area contributed by atoms with E-state index in [9.17, 15) is 4.79 Å². The molecule has 2 rings (SSSR count). The number of benzene rings is 1. The van der Waals surface area contributed by atoms with Gasteiger partial charge in [0.25, 0.3) is 0 Å². The topological polar surface area (TPSA) is 42.0 Å². The van der Waals surface area contributed by atoms with E-state index in [1.165, 1.54) is 0 Å². The molecule has 0 atom stereocenters. The Balaban J connectivity index is 1.94. The molecule has 0 saturated carbocycles. The third-order valence-electron chi connectivity index (χ3n) is 2.68. The van der Waals surface area contributed by atoms with Crippen molar-refractivity contribution in [1.82, 2.24) is 10.3 Å². The maximum atomic E-state index is 11.9. The summed E-state index contributed by atoms with van der Waals surface area (Å²) in [7, 11) is 0. The number of nitrogens with one attached hydrogen (secondary N) is 1. The fourth-order valence-corrected chi connectivity index (χ4v) is 2.28. The van der Waals surface area contributed by atoms with Crippen LogP contribution >= 0.6 is 34.8 Å². The van der Waals surface area contributed by atoms with Crippen molar-refractivity contribution in [2.45, 2.75) is 13.0 Å². The number of rotatable bonds is 4. The molecule has 2 aromatic rings. The summed E-state index contributed by atoms with van der Waals surface area (Å²) in [5, 5.41) is 4.18. The van der Waals surface area contributed by atoms with Gasteiger partial charge in [-0.25, -0.2) is 4.98 Å². The number of pyridine rings is 1. The van der Waals surface area contributed by atoms with Gasteiger partial charge in [0.1, 0.15) is 5.15 Å². The first-order valence-electron chi connectivity index (χ1n) is 5.86. The lowest BCUT2D eigenvalue weighted by atomic mass is 10.1. The Bertz CT molecular complexity index is 594. The Morgan fingerprint density at radius 3 is 2.40 bits per heavy atom. The monoisotopic (exact) mass is 328 g/mol. The largest absolute Gasteiger partial charge is 0.352 e. The Morgan fingerprint density at radius 1 is 1.10 bits per heavy atom. The van der Waals surface area contributed by atoms with Crippen LogP contribution in [-0.4, -0.2) is 10.9 Å². The molecule has 0 spiro atoms. The molecule has 6 heteroatoms. The molecule has 0 saturated heterocycles. The summed E-state index contributed by atoms with van der Waals surface area (Å²) in [5.41, 5.74) is 1.50. The van der Waals surface area contributed by atoms with Gasteiger partial charge in [-0.3, -0.25) is 4.79 Å². The van der Waals surface area contributed by atoms with Crippen LogP contribution in [0.25, 0.3) is 0 Å². The van der Waals surface area contributed by atoms with Crippen molar-refractivity contribution in [2.75, 3.05) is 0 Å². The maximum Gasteiger partial charge on any atom is 0.224 e. The average molecular weight is 330 g/mol. The first-order chi connectivity index (χ1) is 9.56. The van der Waals surface area contributed by atoms with E-state index in [0.717, 1.165) is 5.56 Å². The number of nitrogens with zero attached hydrogens (tertiary/aromatic N) is 1. The van der Waals surface area contributed by atoms with Crippen LogP contribution in [0.4, 0.5) is 0 Å². The van der Waals surface area contributed by atoms with Gasteiger partial charge < -0.3 is 5.32 Å². The van der Waals surface area contributed by atoms with Crippen molar-refractivity contribution >= 4 is 40.7 Å². The van der Waals surface area contributed by atoms with E-state index in [1.54, 1.807) is 36.5 Å². The molecule has 1 amide bonds. The van der Waals surface area contributed by atoms with Crippen molar-refractivity contribution in [3.63, 3.8) is 0 Å². The minimum atomic E-state index is -0.157. The van der Waals surface area contributed by atoms with Gasteiger partial charge in [-0.2, -0.15) is 0 Å². The SMILES string of the molecule is O=C(Cc1c(Cl)cccc1Cl)NCc1ccc(Cl)nc1. The molecule has 0 aliphatic carbocycles. The Morgan fingerprint density at radius 2 is 1.80 bits per heavy atom. The van der Waals surface area contributed by atoms with Crippen LogP contribution < -0.4 is 5.32 Å². The molecule has 1 N–H and O–H groups in total. The second-order valence-corrected chi connectivity index (χ2v) is 5.34. The lowest BCUT2D eigenvalue weighted by Gasteiger charge is -2.08. The fraction of sp³-hybridized carbons (Fsp3) is 0.143. The molecule has 0 bridgehead atoms. The summed E-state index contributed by atoms with van der Waals surface area (Å²) in [6, 6.07) is 8.63. The maximum absolute atomic E-state index is 11.9. The average Bonchev–Trinajstić information content (AvgIpc) is 2.42. The molecule has 0 aliphatic heterocycles. The lowest BCUT2D eigenvalue weighted by molar-refractivity contribution is -0.120. The van der Waals surface area contributed by atoms with E-state index < -0.39 is 0 Å². The predicted octanol–water partition coefficient (Wildman–Crippen LogP) is 3.90. The Kier molecular flexibility index (Phi) is 5.24.